The van der Waals surface area contributed by atoms with Gasteiger partial charge < -0.3 is 14.4 Å². The largest absolute Gasteiger partial charge is 0.353 e. The fraction of sp³-hybridized carbons (Fsp3) is 0.278. The van der Waals surface area contributed by atoms with Crippen LogP contribution >= 0.6 is 11.3 Å². The highest BCUT2D eigenvalue weighted by Gasteiger charge is 2.26. The van der Waals surface area contributed by atoms with Gasteiger partial charge in [0.2, 0.25) is 0 Å². The lowest BCUT2D eigenvalue weighted by atomic mass is 10.2. The van der Waals surface area contributed by atoms with Crippen LogP contribution in [0.15, 0.2) is 48.9 Å². The molecule has 3 aromatic rings. The number of nitrogens with zero attached hydrogens (tertiary/aromatic N) is 5. The second kappa shape index (κ2) is 6.68. The second-order valence-corrected chi connectivity index (χ2v) is 7.14. The minimum Gasteiger partial charge on any atom is -0.353 e. The van der Waals surface area contributed by atoms with Crippen molar-refractivity contribution in [2.24, 2.45) is 0 Å². The number of piperazine rings is 1. The molecular weight excluding hydrogens is 334 g/mol. The molecule has 0 aromatic carbocycles. The third-order valence-corrected chi connectivity index (χ3v) is 5.34. The van der Waals surface area contributed by atoms with Crippen molar-refractivity contribution in [3.05, 3.63) is 59.5 Å². The van der Waals surface area contributed by atoms with E-state index in [4.69, 9.17) is 0 Å². The number of aromatic nitrogens is 3. The number of hydrogen-bond acceptors (Lipinski definition) is 5. The number of hydrogen-bond donors (Lipinski definition) is 0. The van der Waals surface area contributed by atoms with Crippen LogP contribution in [0.4, 0.5) is 5.82 Å². The molecule has 1 saturated heterocycles. The lowest BCUT2D eigenvalue weighted by Crippen LogP contribution is -2.49. The molecule has 0 N–H and O–H groups in total. The van der Waals surface area contributed by atoms with E-state index in [1.165, 1.54) is 0 Å². The van der Waals surface area contributed by atoms with Crippen molar-refractivity contribution < 1.29 is 4.79 Å². The number of anilines is 1. The quantitative estimate of drug-likeness (QED) is 0.726. The summed E-state index contributed by atoms with van der Waals surface area (Å²) >= 11 is 1.55. The number of rotatable bonds is 3. The summed E-state index contributed by atoms with van der Waals surface area (Å²) in [5.74, 6) is 0.988. The summed E-state index contributed by atoms with van der Waals surface area (Å²) in [6, 6.07) is 9.81. The zero-order valence-electron chi connectivity index (χ0n) is 14.0. The van der Waals surface area contributed by atoms with E-state index >= 15 is 0 Å². The summed E-state index contributed by atoms with van der Waals surface area (Å²) < 4.78 is 1.94. The molecule has 1 aliphatic heterocycles. The topological polar surface area (TPSA) is 54.3 Å². The predicted octanol–water partition coefficient (Wildman–Crippen LogP) is 2.60. The molecule has 0 bridgehead atoms. The molecule has 25 heavy (non-hydrogen) atoms. The van der Waals surface area contributed by atoms with Crippen molar-refractivity contribution in [1.82, 2.24) is 19.4 Å². The average molecular weight is 353 g/mol. The Balaban J connectivity index is 1.46. The highest BCUT2D eigenvalue weighted by atomic mass is 32.1. The molecule has 0 aliphatic carbocycles. The average Bonchev–Trinajstić information content (AvgIpc) is 3.32. The molecule has 0 atom stereocenters. The van der Waals surface area contributed by atoms with Crippen molar-refractivity contribution in [2.45, 2.75) is 6.92 Å². The Morgan fingerprint density at radius 1 is 1.08 bits per heavy atom. The summed E-state index contributed by atoms with van der Waals surface area (Å²) in [7, 11) is 0. The van der Waals surface area contributed by atoms with Crippen molar-refractivity contribution in [3.8, 4) is 5.13 Å². The second-order valence-electron chi connectivity index (χ2n) is 5.96. The van der Waals surface area contributed by atoms with Gasteiger partial charge in [0.25, 0.3) is 5.91 Å². The number of aryl methyl sites for hydroxylation is 1. The summed E-state index contributed by atoms with van der Waals surface area (Å²) in [5.41, 5.74) is 0.569. The van der Waals surface area contributed by atoms with E-state index in [9.17, 15) is 4.79 Å². The van der Waals surface area contributed by atoms with Crippen LogP contribution in [0.1, 0.15) is 15.4 Å². The minimum atomic E-state index is 0.0211. The monoisotopic (exact) mass is 353 g/mol. The van der Waals surface area contributed by atoms with E-state index < -0.39 is 0 Å². The molecule has 0 spiro atoms. The van der Waals surface area contributed by atoms with E-state index in [-0.39, 0.29) is 5.91 Å². The third-order valence-electron chi connectivity index (χ3n) is 4.35. The molecule has 0 radical (unpaired) electrons. The smallest absolute Gasteiger partial charge is 0.273 e. The number of pyridine rings is 1. The summed E-state index contributed by atoms with van der Waals surface area (Å²) in [4.78, 5) is 26.9. The molecule has 4 rings (SSSR count). The van der Waals surface area contributed by atoms with Crippen molar-refractivity contribution in [3.63, 3.8) is 0 Å². The number of amides is 1. The summed E-state index contributed by atoms with van der Waals surface area (Å²) in [6.45, 7) is 4.91. The van der Waals surface area contributed by atoms with Crippen molar-refractivity contribution >= 4 is 23.1 Å². The Morgan fingerprint density at radius 3 is 2.52 bits per heavy atom. The van der Waals surface area contributed by atoms with E-state index in [2.05, 4.69) is 14.9 Å². The first-order valence-electron chi connectivity index (χ1n) is 8.28. The first kappa shape index (κ1) is 15.8. The molecule has 1 amide bonds. The van der Waals surface area contributed by atoms with E-state index in [1.54, 1.807) is 17.5 Å². The molecule has 1 fully saturated rings. The molecule has 128 valence electrons. The Hall–Kier alpha value is -2.67. The van der Waals surface area contributed by atoms with Gasteiger partial charge in [-0.25, -0.2) is 9.97 Å². The Kier molecular flexibility index (Phi) is 4.23. The van der Waals surface area contributed by atoms with E-state index in [0.717, 1.165) is 28.9 Å². The fourth-order valence-electron chi connectivity index (χ4n) is 2.98. The first-order chi connectivity index (χ1) is 12.2. The van der Waals surface area contributed by atoms with Gasteiger partial charge >= 0.3 is 0 Å². The van der Waals surface area contributed by atoms with Crippen LogP contribution in [0.3, 0.4) is 0 Å². The Labute approximate surface area is 150 Å². The molecule has 3 aromatic heterocycles. The Morgan fingerprint density at radius 2 is 1.84 bits per heavy atom. The highest BCUT2D eigenvalue weighted by molar-refractivity contribution is 7.14. The fourth-order valence-corrected chi connectivity index (χ4v) is 3.85. The van der Waals surface area contributed by atoms with Crippen LogP contribution in [0.5, 0.6) is 0 Å². The predicted molar refractivity (Wildman–Crippen MR) is 98.5 cm³/mol. The van der Waals surface area contributed by atoms with Gasteiger partial charge in [-0.2, -0.15) is 0 Å². The molecular formula is C18H19N5OS. The summed E-state index contributed by atoms with van der Waals surface area (Å²) in [5, 5.41) is 0.831. The van der Waals surface area contributed by atoms with E-state index in [0.29, 0.717) is 18.8 Å². The van der Waals surface area contributed by atoms with Gasteiger partial charge in [0.1, 0.15) is 11.5 Å². The molecule has 6 nitrogen and oxygen atoms in total. The lowest BCUT2D eigenvalue weighted by Gasteiger charge is -2.35. The maximum absolute atomic E-state index is 12.9. The maximum atomic E-state index is 12.9. The van der Waals surface area contributed by atoms with Crippen molar-refractivity contribution in [2.75, 3.05) is 31.1 Å². The molecule has 4 heterocycles. The van der Waals surface area contributed by atoms with Crippen LogP contribution < -0.4 is 4.90 Å². The Bertz CT molecular complexity index is 851. The van der Waals surface area contributed by atoms with Gasteiger partial charge in [-0.05, 0) is 31.2 Å². The zero-order chi connectivity index (χ0) is 17.2. The number of thiazole rings is 1. The standard InChI is InChI=1S/C18H19N5OS/c1-14-16(20-18(25-14)23-8-4-5-9-23)17(24)22-12-10-21(11-13-22)15-6-2-3-7-19-15/h2-9H,10-13H2,1H3. The van der Waals surface area contributed by atoms with Gasteiger partial charge in [-0.3, -0.25) is 4.79 Å². The first-order valence-corrected chi connectivity index (χ1v) is 9.10. The van der Waals surface area contributed by atoms with Crippen LogP contribution in [0.25, 0.3) is 5.13 Å². The molecule has 7 heteroatoms. The zero-order valence-corrected chi connectivity index (χ0v) is 14.8. The number of carbonyl (C=O) groups is 1. The van der Waals surface area contributed by atoms with Crippen LogP contribution in [-0.2, 0) is 0 Å². The minimum absolute atomic E-state index is 0.0211. The molecule has 0 saturated carbocycles. The van der Waals surface area contributed by atoms with Gasteiger partial charge in [-0.15, -0.1) is 11.3 Å². The van der Waals surface area contributed by atoms with Crippen LogP contribution in [0, 0.1) is 6.92 Å². The van der Waals surface area contributed by atoms with Gasteiger partial charge in [0, 0.05) is 49.6 Å². The third kappa shape index (κ3) is 3.15. The normalized spacial score (nSPS) is 14.8. The van der Waals surface area contributed by atoms with Gasteiger partial charge in [-0.1, -0.05) is 6.07 Å². The highest BCUT2D eigenvalue weighted by Crippen LogP contribution is 2.23. The lowest BCUT2D eigenvalue weighted by molar-refractivity contribution is 0.0740. The van der Waals surface area contributed by atoms with Crippen LogP contribution in [0.2, 0.25) is 0 Å². The van der Waals surface area contributed by atoms with Crippen LogP contribution in [-0.4, -0.2) is 51.5 Å². The molecule has 0 unspecified atom stereocenters. The maximum Gasteiger partial charge on any atom is 0.273 e. The number of carbonyl (C=O) groups excluding carboxylic acids is 1. The summed E-state index contributed by atoms with van der Waals surface area (Å²) in [6.07, 6.45) is 5.69. The SMILES string of the molecule is Cc1sc(-n2cccc2)nc1C(=O)N1CCN(c2ccccn2)CC1. The van der Waals surface area contributed by atoms with Gasteiger partial charge in [0.05, 0.1) is 0 Å². The van der Waals surface area contributed by atoms with Gasteiger partial charge in [0.15, 0.2) is 5.13 Å². The van der Waals surface area contributed by atoms with Crippen molar-refractivity contribution in [1.29, 1.82) is 0 Å². The molecule has 1 aliphatic rings. The van der Waals surface area contributed by atoms with E-state index in [1.807, 2.05) is 59.1 Å².